The van der Waals surface area contributed by atoms with E-state index >= 15 is 0 Å². The molecule has 0 aromatic heterocycles. The number of nitrogens with zero attached hydrogens (tertiary/aromatic N) is 1. The van der Waals surface area contributed by atoms with E-state index in [2.05, 4.69) is 21.6 Å². The lowest BCUT2D eigenvalue weighted by Crippen LogP contribution is -2.06. The normalized spacial score (nSPS) is 15.5. The van der Waals surface area contributed by atoms with E-state index in [1.807, 2.05) is 0 Å². The number of hydrogen-bond donors (Lipinski definition) is 0. The molecule has 0 bridgehead atoms. The zero-order chi connectivity index (χ0) is 7.56. The molecule has 4 nitrogen and oxygen atoms in total. The first-order valence-electron chi connectivity index (χ1n) is 2.51. The van der Waals surface area contributed by atoms with E-state index in [1.54, 1.807) is 6.92 Å². The number of ether oxygens (including phenoxy) is 1. The van der Waals surface area contributed by atoms with Crippen molar-refractivity contribution < 1.29 is 14.3 Å². The van der Waals surface area contributed by atoms with Gasteiger partial charge in [0.2, 0.25) is 0 Å². The van der Waals surface area contributed by atoms with Crippen LogP contribution in [-0.4, -0.2) is 17.8 Å². The van der Waals surface area contributed by atoms with Crippen LogP contribution in [0.4, 0.5) is 0 Å². The molecule has 0 N–H and O–H groups in total. The van der Waals surface area contributed by atoms with Gasteiger partial charge in [-0.2, -0.15) is 4.99 Å². The van der Waals surface area contributed by atoms with Gasteiger partial charge in [-0.1, -0.05) is 5.92 Å². The van der Waals surface area contributed by atoms with Crippen molar-refractivity contribution in [1.29, 1.82) is 0 Å². The third-order valence-corrected chi connectivity index (χ3v) is 0.799. The number of esters is 1. The van der Waals surface area contributed by atoms with E-state index in [9.17, 15) is 9.59 Å². The highest BCUT2D eigenvalue weighted by Gasteiger charge is 2.24. The molecule has 0 aromatic rings. The SMILES string of the molecule is CC#CC1=[15N]C(=O)C(=O)O1. The van der Waals surface area contributed by atoms with E-state index in [0.29, 0.717) is 0 Å². The quantitative estimate of drug-likeness (QED) is 0.196. The van der Waals surface area contributed by atoms with Crippen molar-refractivity contribution in [2.75, 3.05) is 0 Å². The predicted molar refractivity (Wildman–Crippen MR) is 32.0 cm³/mol. The number of aliphatic imine (C=N–C) groups is 1. The largest absolute Gasteiger partial charge is 0.406 e. The molecule has 0 unspecified atom stereocenters. The molecule has 50 valence electrons. The van der Waals surface area contributed by atoms with Crippen molar-refractivity contribution in [1.82, 2.24) is 0 Å². The number of rotatable bonds is 0. The average molecular weight is 138 g/mol. The summed E-state index contributed by atoms with van der Waals surface area (Å²) in [6, 6.07) is 0. The Balaban J connectivity index is 2.83. The van der Waals surface area contributed by atoms with E-state index in [4.69, 9.17) is 0 Å². The molecule has 1 heterocycles. The molecule has 0 fully saturated rings. The third kappa shape index (κ3) is 1.03. The molecular formula is C6H3NO3. The Kier molecular flexibility index (Phi) is 1.50. The molecule has 4 heteroatoms. The van der Waals surface area contributed by atoms with Gasteiger partial charge < -0.3 is 4.74 Å². The molecule has 0 spiro atoms. The van der Waals surface area contributed by atoms with Crippen LogP contribution in [-0.2, 0) is 14.3 Å². The highest BCUT2D eigenvalue weighted by molar-refractivity contribution is 6.41. The van der Waals surface area contributed by atoms with Gasteiger partial charge in [0.15, 0.2) is 0 Å². The number of amides is 1. The van der Waals surface area contributed by atoms with Crippen molar-refractivity contribution in [3.63, 3.8) is 0 Å². The summed E-state index contributed by atoms with van der Waals surface area (Å²) in [7, 11) is 0. The molecule has 1 aliphatic heterocycles. The molecule has 0 saturated heterocycles. The van der Waals surface area contributed by atoms with Crippen LogP contribution in [0.1, 0.15) is 6.92 Å². The fourth-order valence-corrected chi connectivity index (χ4v) is 0.453. The first-order chi connectivity index (χ1) is 4.74. The van der Waals surface area contributed by atoms with Crippen molar-refractivity contribution >= 4 is 17.8 Å². The van der Waals surface area contributed by atoms with Crippen molar-refractivity contribution in [3.05, 3.63) is 0 Å². The topological polar surface area (TPSA) is 55.7 Å². The highest BCUT2D eigenvalue weighted by atomic mass is 16.6. The van der Waals surface area contributed by atoms with Gasteiger partial charge in [-0.25, -0.2) is 4.79 Å². The summed E-state index contributed by atoms with van der Waals surface area (Å²) in [4.78, 5) is 23.8. The van der Waals surface area contributed by atoms with Gasteiger partial charge in [-0.05, 0) is 12.8 Å². The smallest absolute Gasteiger partial charge is 0.392 e. The minimum Gasteiger partial charge on any atom is -0.392 e. The summed E-state index contributed by atoms with van der Waals surface area (Å²) >= 11 is 0. The summed E-state index contributed by atoms with van der Waals surface area (Å²) in [6.45, 7) is 1.55. The fraction of sp³-hybridized carbons (Fsp3) is 0.167. The van der Waals surface area contributed by atoms with E-state index < -0.39 is 11.9 Å². The van der Waals surface area contributed by atoms with Crippen LogP contribution in [0.2, 0.25) is 0 Å². The number of hydrogen-bond acceptors (Lipinski definition) is 3. The summed E-state index contributed by atoms with van der Waals surface area (Å²) in [5, 5.41) is 0. The lowest BCUT2D eigenvalue weighted by Gasteiger charge is -1.82. The van der Waals surface area contributed by atoms with Crippen LogP contribution in [0.25, 0.3) is 0 Å². The van der Waals surface area contributed by atoms with Gasteiger partial charge in [0.05, 0.1) is 0 Å². The van der Waals surface area contributed by atoms with Crippen molar-refractivity contribution in [2.45, 2.75) is 6.92 Å². The van der Waals surface area contributed by atoms with Crippen molar-refractivity contribution in [2.24, 2.45) is 4.99 Å². The summed E-state index contributed by atoms with van der Waals surface area (Å²) < 4.78 is 4.30. The minimum atomic E-state index is -0.960. The third-order valence-electron chi connectivity index (χ3n) is 0.799. The molecule has 0 atom stereocenters. The van der Waals surface area contributed by atoms with Crippen molar-refractivity contribution in [3.8, 4) is 11.8 Å². The van der Waals surface area contributed by atoms with Gasteiger partial charge in [-0.15, -0.1) is 0 Å². The zero-order valence-corrected chi connectivity index (χ0v) is 5.17. The van der Waals surface area contributed by atoms with Gasteiger partial charge in [0, 0.05) is 0 Å². The fourth-order valence-electron chi connectivity index (χ4n) is 0.453. The Morgan fingerprint density at radius 2 is 2.20 bits per heavy atom. The summed E-state index contributed by atoms with van der Waals surface area (Å²) in [6.07, 6.45) is 0. The lowest BCUT2D eigenvalue weighted by atomic mass is 10.6. The Morgan fingerprint density at radius 1 is 1.50 bits per heavy atom. The molecule has 0 saturated carbocycles. The van der Waals surface area contributed by atoms with Crippen LogP contribution in [0.3, 0.4) is 0 Å². The number of carbonyl (C=O) groups is 2. The monoisotopic (exact) mass is 138 g/mol. The standard InChI is InChI=1S/C6H3NO3/c1-2-3-4-7-5(8)6(9)10-4/h1H3/i7+1. The first kappa shape index (κ1) is 6.49. The zero-order valence-electron chi connectivity index (χ0n) is 5.17. The van der Waals surface area contributed by atoms with Gasteiger partial charge in [0.25, 0.3) is 5.90 Å². The highest BCUT2D eigenvalue weighted by Crippen LogP contribution is 1.96. The Hall–Kier alpha value is -1.63. The maximum absolute atomic E-state index is 10.3. The molecule has 1 amide bonds. The Labute approximate surface area is 56.9 Å². The molecular weight excluding hydrogens is 135 g/mol. The lowest BCUT2D eigenvalue weighted by molar-refractivity contribution is -0.145. The predicted octanol–water partition coefficient (Wildman–Crippen LogP) is -0.508. The molecule has 1 aliphatic rings. The Bertz CT molecular complexity index is 279. The second kappa shape index (κ2) is 2.31. The van der Waals surface area contributed by atoms with Crippen LogP contribution in [0.5, 0.6) is 0 Å². The number of carbonyl (C=O) groups excluding carboxylic acids is 2. The van der Waals surface area contributed by atoms with Gasteiger partial charge >= 0.3 is 11.9 Å². The van der Waals surface area contributed by atoms with E-state index in [1.165, 1.54) is 0 Å². The minimum absolute atomic E-state index is 0.113. The van der Waals surface area contributed by atoms with E-state index in [0.717, 1.165) is 0 Å². The Morgan fingerprint density at radius 3 is 2.60 bits per heavy atom. The molecule has 0 aromatic carbocycles. The average Bonchev–Trinajstić information content (AvgIpc) is 2.14. The maximum Gasteiger partial charge on any atom is 0.406 e. The van der Waals surface area contributed by atoms with Crippen LogP contribution < -0.4 is 0 Å². The van der Waals surface area contributed by atoms with E-state index in [-0.39, 0.29) is 5.90 Å². The van der Waals surface area contributed by atoms with Crippen LogP contribution in [0, 0.1) is 11.8 Å². The molecule has 0 aliphatic carbocycles. The molecule has 0 radical (unpaired) electrons. The molecule has 1 rings (SSSR count). The van der Waals surface area contributed by atoms with Gasteiger partial charge in [-0.3, -0.25) is 4.79 Å². The second-order valence-corrected chi connectivity index (χ2v) is 1.49. The summed E-state index contributed by atoms with van der Waals surface area (Å²) in [5.41, 5.74) is 0. The second-order valence-electron chi connectivity index (χ2n) is 1.49. The maximum atomic E-state index is 10.3. The van der Waals surface area contributed by atoms with Crippen LogP contribution >= 0.6 is 0 Å². The summed E-state index contributed by atoms with van der Waals surface area (Å²) in [5.74, 6) is 2.82. The first-order valence-corrected chi connectivity index (χ1v) is 2.51. The number of cyclic esters (lactones) is 1. The molecule has 10 heavy (non-hydrogen) atoms. The van der Waals surface area contributed by atoms with Crippen LogP contribution in [0.15, 0.2) is 4.99 Å². The van der Waals surface area contributed by atoms with Gasteiger partial charge in [0.1, 0.15) is 0 Å².